The van der Waals surface area contributed by atoms with Crippen LogP contribution in [0.3, 0.4) is 0 Å². The summed E-state index contributed by atoms with van der Waals surface area (Å²) in [5.41, 5.74) is 0.400. The third-order valence-corrected chi connectivity index (χ3v) is 6.40. The molecular formula is C25H28FN3O3. The zero-order valence-electron chi connectivity index (χ0n) is 18.0. The molecule has 2 saturated heterocycles. The number of carbonyl (C=O) groups excluding carboxylic acids is 2. The summed E-state index contributed by atoms with van der Waals surface area (Å²) in [6, 6.07) is 13.8. The quantitative estimate of drug-likeness (QED) is 0.490. The smallest absolute Gasteiger partial charge is 0.322 e. The van der Waals surface area contributed by atoms with E-state index in [0.717, 1.165) is 43.8 Å². The number of hydrogen-bond donors (Lipinski definition) is 2. The number of piperidine rings is 1. The van der Waals surface area contributed by atoms with Crippen LogP contribution in [0.2, 0.25) is 0 Å². The Balaban J connectivity index is 1.47. The van der Waals surface area contributed by atoms with Crippen molar-refractivity contribution in [3.63, 3.8) is 0 Å². The van der Waals surface area contributed by atoms with Crippen LogP contribution in [-0.2, 0) is 17.8 Å². The Labute approximate surface area is 187 Å². The van der Waals surface area contributed by atoms with Gasteiger partial charge in [-0.25, -0.2) is 9.18 Å². The number of nitrogens with one attached hydrogen (secondary N) is 2. The summed E-state index contributed by atoms with van der Waals surface area (Å²) in [7, 11) is 0. The zero-order valence-corrected chi connectivity index (χ0v) is 18.0. The Morgan fingerprint density at radius 3 is 2.44 bits per heavy atom. The van der Waals surface area contributed by atoms with Gasteiger partial charge in [0.15, 0.2) is 0 Å². The first-order valence-corrected chi connectivity index (χ1v) is 10.9. The Kier molecular flexibility index (Phi) is 6.55. The number of nitrogens with zero attached hydrogens (tertiary/aromatic N) is 1. The van der Waals surface area contributed by atoms with Crippen LogP contribution in [0.15, 0.2) is 61.2 Å². The van der Waals surface area contributed by atoms with E-state index in [-0.39, 0.29) is 24.1 Å². The number of imide groups is 1. The average Bonchev–Trinajstić information content (AvgIpc) is 3.09. The first kappa shape index (κ1) is 22.0. The molecule has 2 aromatic rings. The van der Waals surface area contributed by atoms with Gasteiger partial charge in [-0.05, 0) is 49.5 Å². The topological polar surface area (TPSA) is 70.7 Å². The summed E-state index contributed by atoms with van der Waals surface area (Å²) in [4.78, 5) is 27.2. The second-order valence-electron chi connectivity index (χ2n) is 8.41. The number of ether oxygens (including phenoxy) is 1. The number of amides is 3. The molecule has 0 unspecified atom stereocenters. The lowest BCUT2D eigenvalue weighted by Crippen LogP contribution is -2.57. The summed E-state index contributed by atoms with van der Waals surface area (Å²) in [5, 5.41) is 5.22. The molecule has 2 aromatic carbocycles. The summed E-state index contributed by atoms with van der Waals surface area (Å²) >= 11 is 0. The van der Waals surface area contributed by atoms with Crippen LogP contribution in [0.1, 0.15) is 24.0 Å². The Bertz CT molecular complexity index is 1000. The van der Waals surface area contributed by atoms with E-state index in [4.69, 9.17) is 4.74 Å². The van der Waals surface area contributed by atoms with Crippen molar-refractivity contribution in [2.45, 2.75) is 31.3 Å². The minimum absolute atomic E-state index is 0.0861. The van der Waals surface area contributed by atoms with Gasteiger partial charge in [-0.2, -0.15) is 0 Å². The number of likely N-dealkylation sites (tertiary alicyclic amines) is 1. The fourth-order valence-corrected chi connectivity index (χ4v) is 4.75. The number of para-hydroxylation sites is 1. The molecule has 1 atom stereocenters. The minimum atomic E-state index is -1.13. The van der Waals surface area contributed by atoms with Gasteiger partial charge in [-0.15, -0.1) is 0 Å². The van der Waals surface area contributed by atoms with Crippen LogP contribution in [0.4, 0.5) is 9.18 Å². The molecule has 2 heterocycles. The van der Waals surface area contributed by atoms with Gasteiger partial charge in [0.1, 0.15) is 23.7 Å². The molecule has 0 radical (unpaired) electrons. The van der Waals surface area contributed by atoms with E-state index in [1.54, 1.807) is 24.3 Å². The van der Waals surface area contributed by atoms with Crippen LogP contribution in [0, 0.1) is 11.7 Å². The lowest BCUT2D eigenvalue weighted by molar-refractivity contribution is -0.126. The normalized spacial score (nSPS) is 21.8. The Morgan fingerprint density at radius 2 is 1.78 bits per heavy atom. The molecule has 0 saturated carbocycles. The van der Waals surface area contributed by atoms with Crippen LogP contribution >= 0.6 is 0 Å². The highest BCUT2D eigenvalue weighted by molar-refractivity contribution is 6.07. The second-order valence-corrected chi connectivity index (χ2v) is 8.41. The second kappa shape index (κ2) is 9.53. The minimum Gasteiger partial charge on any atom is -0.489 e. The highest BCUT2D eigenvalue weighted by atomic mass is 19.1. The van der Waals surface area contributed by atoms with Gasteiger partial charge in [0.05, 0.1) is 0 Å². The van der Waals surface area contributed by atoms with Crippen LogP contribution in [0.25, 0.3) is 0 Å². The largest absolute Gasteiger partial charge is 0.489 e. The van der Waals surface area contributed by atoms with Crippen molar-refractivity contribution in [1.82, 2.24) is 15.5 Å². The fourth-order valence-electron chi connectivity index (χ4n) is 4.75. The van der Waals surface area contributed by atoms with E-state index < -0.39 is 11.6 Å². The summed E-state index contributed by atoms with van der Waals surface area (Å²) < 4.78 is 20.1. The van der Waals surface area contributed by atoms with Crippen LogP contribution in [-0.4, -0.2) is 42.1 Å². The van der Waals surface area contributed by atoms with Crippen molar-refractivity contribution in [1.29, 1.82) is 0 Å². The maximum absolute atomic E-state index is 14.4. The molecule has 6 nitrogen and oxygen atoms in total. The van der Waals surface area contributed by atoms with Gasteiger partial charge in [0.2, 0.25) is 0 Å². The third-order valence-electron chi connectivity index (χ3n) is 6.40. The van der Waals surface area contributed by atoms with Crippen molar-refractivity contribution in [3.05, 3.63) is 78.1 Å². The third kappa shape index (κ3) is 4.53. The number of urea groups is 1. The van der Waals surface area contributed by atoms with Crippen molar-refractivity contribution >= 4 is 11.9 Å². The number of benzene rings is 2. The average molecular weight is 438 g/mol. The summed E-state index contributed by atoms with van der Waals surface area (Å²) in [6.45, 7) is 6.42. The van der Waals surface area contributed by atoms with E-state index in [9.17, 15) is 14.0 Å². The highest BCUT2D eigenvalue weighted by Crippen LogP contribution is 2.35. The van der Waals surface area contributed by atoms with Gasteiger partial charge in [0.25, 0.3) is 5.91 Å². The maximum Gasteiger partial charge on any atom is 0.322 e. The lowest BCUT2D eigenvalue weighted by Gasteiger charge is -2.41. The molecule has 2 fully saturated rings. The Hall–Kier alpha value is -3.19. The number of halogens is 1. The van der Waals surface area contributed by atoms with Crippen molar-refractivity contribution in [2.24, 2.45) is 5.92 Å². The molecule has 3 amide bonds. The molecule has 2 N–H and O–H groups in total. The van der Waals surface area contributed by atoms with E-state index >= 15 is 0 Å². The number of rotatable bonds is 8. The maximum atomic E-state index is 14.4. The van der Waals surface area contributed by atoms with E-state index in [2.05, 4.69) is 28.2 Å². The molecule has 7 heteroatoms. The van der Waals surface area contributed by atoms with Crippen LogP contribution in [0.5, 0.6) is 5.75 Å². The first-order chi connectivity index (χ1) is 15.5. The van der Waals surface area contributed by atoms with Crippen LogP contribution < -0.4 is 15.4 Å². The molecule has 2 aliphatic rings. The van der Waals surface area contributed by atoms with Gasteiger partial charge in [-0.1, -0.05) is 49.1 Å². The lowest BCUT2D eigenvalue weighted by atomic mass is 9.74. The standard InChI is InChI=1S/C25H28FN3O3/c1-2-15-32-22-10-6-4-8-19(22)17-29-13-11-20(12-14-29)25(23(30)27-24(31)28-25)16-18-7-3-5-9-21(18)26/h2-10,20H,1,11-17H2,(H2,27,28,30,31)/t25-/m0/s1. The highest BCUT2D eigenvalue weighted by Gasteiger charge is 2.52. The summed E-state index contributed by atoms with van der Waals surface area (Å²) in [5.74, 6) is 0.0202. The predicted octanol–water partition coefficient (Wildman–Crippen LogP) is 3.42. The van der Waals surface area contributed by atoms with Crippen molar-refractivity contribution in [2.75, 3.05) is 19.7 Å². The van der Waals surface area contributed by atoms with Gasteiger partial charge in [-0.3, -0.25) is 15.0 Å². The molecule has 2 aliphatic heterocycles. The number of hydrogen-bond acceptors (Lipinski definition) is 4. The van der Waals surface area contributed by atoms with Gasteiger partial charge < -0.3 is 10.1 Å². The van der Waals surface area contributed by atoms with E-state index in [1.165, 1.54) is 6.07 Å². The van der Waals surface area contributed by atoms with E-state index in [1.807, 2.05) is 18.2 Å². The van der Waals surface area contributed by atoms with Crippen molar-refractivity contribution in [3.8, 4) is 5.75 Å². The van der Waals surface area contributed by atoms with E-state index in [0.29, 0.717) is 12.2 Å². The molecule has 0 aromatic heterocycles. The molecule has 0 aliphatic carbocycles. The Morgan fingerprint density at radius 1 is 1.09 bits per heavy atom. The predicted molar refractivity (Wildman–Crippen MR) is 120 cm³/mol. The molecule has 4 rings (SSSR count). The monoisotopic (exact) mass is 437 g/mol. The molecule has 0 spiro atoms. The van der Waals surface area contributed by atoms with Gasteiger partial charge >= 0.3 is 6.03 Å². The fraction of sp³-hybridized carbons (Fsp3) is 0.360. The molecule has 32 heavy (non-hydrogen) atoms. The van der Waals surface area contributed by atoms with Crippen molar-refractivity contribution < 1.29 is 18.7 Å². The van der Waals surface area contributed by atoms with Gasteiger partial charge in [0, 0.05) is 18.5 Å². The molecule has 0 bridgehead atoms. The summed E-state index contributed by atoms with van der Waals surface area (Å²) in [6.07, 6.45) is 3.30. The molecular weight excluding hydrogens is 409 g/mol. The SMILES string of the molecule is C=CCOc1ccccc1CN1CCC([C@]2(Cc3ccccc3F)NC(=O)NC2=O)CC1. The first-order valence-electron chi connectivity index (χ1n) is 10.9. The molecule has 168 valence electrons. The zero-order chi connectivity index (χ0) is 22.6. The number of carbonyl (C=O) groups is 2.